The summed E-state index contributed by atoms with van der Waals surface area (Å²) < 4.78 is 1.75. The van der Waals surface area contributed by atoms with Gasteiger partial charge in [0.15, 0.2) is 17.4 Å². The minimum Gasteiger partial charge on any atom is 0.187 e. The Morgan fingerprint density at radius 3 is 1.00 bits per heavy atom. The molecule has 0 bridgehead atoms. The predicted molar refractivity (Wildman–Crippen MR) is 92.5 cm³/mol. The first-order valence-electron chi connectivity index (χ1n) is 6.94. The van der Waals surface area contributed by atoms with Crippen LogP contribution in [0.3, 0.4) is 0 Å². The van der Waals surface area contributed by atoms with Gasteiger partial charge in [0.25, 0.3) is 0 Å². The molecule has 0 unspecified atom stereocenters. The molecule has 0 radical (unpaired) electrons. The summed E-state index contributed by atoms with van der Waals surface area (Å²) in [5.41, 5.74) is 0. The molecule has 0 N–H and O–H groups in total. The summed E-state index contributed by atoms with van der Waals surface area (Å²) in [5.74, 6) is 0. The third kappa shape index (κ3) is 8.00. The Hall–Kier alpha value is 2.41. The van der Waals surface area contributed by atoms with Gasteiger partial charge in [-0.1, -0.05) is 0 Å². The van der Waals surface area contributed by atoms with Gasteiger partial charge in [0.2, 0.25) is 0 Å². The van der Waals surface area contributed by atoms with Gasteiger partial charge in [-0.25, -0.2) is 0 Å². The van der Waals surface area contributed by atoms with Gasteiger partial charge in [0.05, 0.1) is 0 Å². The van der Waals surface area contributed by atoms with Crippen LogP contribution in [0, 0.1) is 0 Å². The maximum absolute atomic E-state index is 6.92. The number of unbranched alkanes of at least 4 members (excludes halogenated alkanes) is 3. The van der Waals surface area contributed by atoms with E-state index in [2.05, 4.69) is 20.8 Å². The second-order valence-electron chi connectivity index (χ2n) is 6.09. The molecule has 18 heavy (non-hydrogen) atoms. The molecule has 0 atom stereocenters. The normalized spacial score (nSPS) is 18.1. The summed E-state index contributed by atoms with van der Waals surface area (Å²) in [7, 11) is 22.4. The first-order valence-corrected chi connectivity index (χ1v) is 18.8. The third-order valence-corrected chi connectivity index (χ3v) is 21.6. The van der Waals surface area contributed by atoms with E-state index in [0.29, 0.717) is 14.2 Å². The quantitative estimate of drug-likeness (QED) is 0.378. The van der Waals surface area contributed by atoms with Gasteiger partial charge in [-0.3, -0.25) is 0 Å². The van der Waals surface area contributed by atoms with E-state index in [1.807, 2.05) is 0 Å². The fraction of sp³-hybridized carbons (Fsp3) is 1.00. The fourth-order valence-electron chi connectivity index (χ4n) is 2.46. The number of hydrogen-bond acceptors (Lipinski definition) is 0. The minimum atomic E-state index is -5.29. The van der Waals surface area contributed by atoms with Crippen LogP contribution in [0.1, 0.15) is 59.3 Å². The predicted octanol–water partition coefficient (Wildman–Crippen LogP) is 6.83. The summed E-state index contributed by atoms with van der Waals surface area (Å²) in [5, 5.41) is 0. The number of halogens is 4. The number of rotatable bonds is 9. The first kappa shape index (κ1) is 22.7. The van der Waals surface area contributed by atoms with E-state index < -0.39 is 8.50 Å². The van der Waals surface area contributed by atoms with Crippen molar-refractivity contribution < 1.29 is 8.50 Å². The average Bonchev–Trinajstić information content (AvgIpc) is 2.22. The third-order valence-electron chi connectivity index (χ3n) is 3.79. The van der Waals surface area contributed by atoms with Gasteiger partial charge in [0.1, 0.15) is 0 Å². The molecule has 0 saturated heterocycles. The van der Waals surface area contributed by atoms with Crippen molar-refractivity contribution in [2.45, 2.75) is 73.5 Å². The van der Waals surface area contributed by atoms with Crippen molar-refractivity contribution in [2.24, 2.45) is 0 Å². The van der Waals surface area contributed by atoms with Gasteiger partial charge in [-0.05, 0) is 0 Å². The molecule has 0 aromatic heterocycles. The van der Waals surface area contributed by atoms with Crippen LogP contribution in [0.4, 0.5) is 0 Å². The van der Waals surface area contributed by atoms with Crippen LogP contribution in [0.15, 0.2) is 0 Å². The van der Waals surface area contributed by atoms with E-state index in [9.17, 15) is 0 Å². The first-order chi connectivity index (χ1) is 7.43. The maximum atomic E-state index is 6.92. The molecular weight excluding hydrogens is 361 g/mol. The van der Waals surface area contributed by atoms with Crippen molar-refractivity contribution in [1.82, 2.24) is 0 Å². The molecule has 0 rings (SSSR count). The summed E-state index contributed by atoms with van der Waals surface area (Å²) in [4.78, 5) is 0. The zero-order valence-corrected chi connectivity index (χ0v) is 16.0. The zero-order chi connectivity index (χ0) is 13.7. The van der Waals surface area contributed by atoms with Crippen LogP contribution in [0.25, 0.3) is 0 Å². The zero-order valence-electron chi connectivity index (χ0n) is 11.4. The molecule has 0 saturated carbocycles. The molecule has 0 aliphatic heterocycles. The van der Waals surface area contributed by atoms with E-state index in [1.165, 1.54) is 0 Å². The van der Waals surface area contributed by atoms with Crippen LogP contribution in [-0.2, 0) is 8.50 Å². The molecular formula is C12H30AlCl4Ti. The van der Waals surface area contributed by atoms with Crippen molar-refractivity contribution in [3.05, 3.63) is 0 Å². The van der Waals surface area contributed by atoms with Gasteiger partial charge in [0, 0.05) is 0 Å². The SMILES string of the molecule is CCC[CH2][Ti]([Cl])([Cl])([Cl])([Cl])([CH2]CCC)[CH2]CCC.[AlH3]. The molecule has 0 fully saturated rings. The molecule has 0 aliphatic carbocycles. The van der Waals surface area contributed by atoms with Gasteiger partial charge >= 0.3 is 119 Å². The van der Waals surface area contributed by atoms with Crippen molar-refractivity contribution in [2.75, 3.05) is 0 Å². The van der Waals surface area contributed by atoms with Gasteiger partial charge < -0.3 is 0 Å². The molecule has 6 heteroatoms. The Kier molecular flexibility index (Phi) is 7.89. The molecule has 0 aliphatic rings. The molecule has 0 spiro atoms. The van der Waals surface area contributed by atoms with Gasteiger partial charge in [-0.15, -0.1) is 0 Å². The topological polar surface area (TPSA) is 0 Å². The molecule has 0 heterocycles. The molecule has 0 aromatic rings. The average molecular weight is 391 g/mol. The summed E-state index contributed by atoms with van der Waals surface area (Å²) in [6.45, 7) is 6.33. The smallest absolute Gasteiger partial charge is 0.187 e. The van der Waals surface area contributed by atoms with E-state index in [1.54, 1.807) is 0 Å². The van der Waals surface area contributed by atoms with Crippen LogP contribution < -0.4 is 0 Å². The Morgan fingerprint density at radius 1 is 0.611 bits per heavy atom. The molecule has 0 nitrogen and oxygen atoms in total. The summed E-state index contributed by atoms with van der Waals surface area (Å²) >= 11 is 0. The minimum absolute atomic E-state index is 0. The number of hydrogen-bond donors (Lipinski definition) is 0. The van der Waals surface area contributed by atoms with Gasteiger partial charge in [-0.2, -0.15) is 0 Å². The van der Waals surface area contributed by atoms with Crippen LogP contribution in [-0.4, -0.2) is 17.4 Å². The van der Waals surface area contributed by atoms with Crippen molar-refractivity contribution in [1.29, 1.82) is 0 Å². The Morgan fingerprint density at radius 2 is 0.833 bits per heavy atom. The van der Waals surface area contributed by atoms with Crippen LogP contribution >= 0.6 is 37.2 Å². The second-order valence-corrected chi connectivity index (χ2v) is 44.5. The summed E-state index contributed by atoms with van der Waals surface area (Å²) in [6, 6.07) is 0. The second kappa shape index (κ2) is 6.26. The van der Waals surface area contributed by atoms with E-state index in [4.69, 9.17) is 37.2 Å². The molecule has 0 aromatic carbocycles. The molecule has 113 valence electrons. The maximum Gasteiger partial charge on any atom is 0.187 e. The monoisotopic (exact) mass is 389 g/mol. The Bertz CT molecular complexity index is 241. The van der Waals surface area contributed by atoms with E-state index >= 15 is 0 Å². The standard InChI is InChI=1S/3C4H9.Al.4ClH.Ti.3H/c3*1-3-4-2;;;;;;;;;/h3*1,3-4H2,2H3;;4*1H;;;;/q;;;;;;;;+4;;;/p-4. The van der Waals surface area contributed by atoms with E-state index in [-0.39, 0.29) is 17.4 Å². The largest absolute Gasteiger partial charge is 0.187 e. The van der Waals surface area contributed by atoms with Crippen LogP contribution in [0.2, 0.25) is 14.2 Å². The Balaban J connectivity index is 0. The summed E-state index contributed by atoms with van der Waals surface area (Å²) in [6.07, 6.45) is 5.77. The van der Waals surface area contributed by atoms with E-state index in [0.717, 1.165) is 38.5 Å². The van der Waals surface area contributed by atoms with Crippen molar-refractivity contribution >= 4 is 54.6 Å². The Labute approximate surface area is 135 Å². The van der Waals surface area contributed by atoms with Crippen molar-refractivity contribution in [3.63, 3.8) is 0 Å². The van der Waals surface area contributed by atoms with Crippen LogP contribution in [0.5, 0.6) is 0 Å². The fourth-order valence-corrected chi connectivity index (χ4v) is 16.7. The molecule has 0 amide bonds. The van der Waals surface area contributed by atoms with Crippen molar-refractivity contribution in [3.8, 4) is 0 Å².